The van der Waals surface area contributed by atoms with Crippen molar-refractivity contribution in [3.8, 4) is 5.75 Å². The van der Waals surface area contributed by atoms with Crippen LogP contribution in [0.5, 0.6) is 5.75 Å². The topological polar surface area (TPSA) is 21.3 Å². The second-order valence-corrected chi connectivity index (χ2v) is 4.89. The molecule has 0 aliphatic heterocycles. The van der Waals surface area contributed by atoms with E-state index in [9.17, 15) is 13.2 Å². The van der Waals surface area contributed by atoms with Gasteiger partial charge in [-0.3, -0.25) is 0 Å². The van der Waals surface area contributed by atoms with E-state index < -0.39 is 17.5 Å². The van der Waals surface area contributed by atoms with Crippen LogP contribution in [0.3, 0.4) is 0 Å². The molecule has 0 saturated heterocycles. The zero-order chi connectivity index (χ0) is 14.5. The Hall–Kier alpha value is -1.69. The molecule has 0 amide bonds. The van der Waals surface area contributed by atoms with E-state index in [1.165, 1.54) is 0 Å². The minimum absolute atomic E-state index is 0.186. The van der Waals surface area contributed by atoms with Crippen LogP contribution in [0.15, 0.2) is 40.9 Å². The quantitative estimate of drug-likeness (QED) is 0.813. The average Bonchev–Trinajstić information content (AvgIpc) is 2.36. The number of hydrogen-bond donors (Lipinski definition) is 1. The monoisotopic (exact) mass is 345 g/mol. The Morgan fingerprint density at radius 1 is 1.05 bits per heavy atom. The van der Waals surface area contributed by atoms with Crippen LogP contribution >= 0.6 is 15.9 Å². The molecule has 0 aliphatic rings. The van der Waals surface area contributed by atoms with E-state index in [1.54, 1.807) is 12.1 Å². The van der Waals surface area contributed by atoms with Gasteiger partial charge in [-0.05, 0) is 18.2 Å². The maximum absolute atomic E-state index is 13.3. The zero-order valence-electron chi connectivity index (χ0n) is 10.3. The lowest BCUT2D eigenvalue weighted by Crippen LogP contribution is -2.13. The summed E-state index contributed by atoms with van der Waals surface area (Å²) in [5.74, 6) is -2.24. The first-order valence-electron chi connectivity index (χ1n) is 5.83. The molecule has 2 aromatic carbocycles. The smallest absolute Gasteiger partial charge is 0.152 e. The van der Waals surface area contributed by atoms with Crippen molar-refractivity contribution in [2.75, 3.05) is 18.5 Å². The second kappa shape index (κ2) is 6.65. The summed E-state index contributed by atoms with van der Waals surface area (Å²) in [6.07, 6.45) is 0. The Balaban J connectivity index is 1.88. The van der Waals surface area contributed by atoms with Crippen LogP contribution in [-0.2, 0) is 0 Å². The molecule has 0 saturated carbocycles. The van der Waals surface area contributed by atoms with Crippen LogP contribution in [-0.4, -0.2) is 13.2 Å². The van der Waals surface area contributed by atoms with Gasteiger partial charge in [0.2, 0.25) is 0 Å². The summed E-state index contributed by atoms with van der Waals surface area (Å²) >= 11 is 3.30. The summed E-state index contributed by atoms with van der Waals surface area (Å²) in [4.78, 5) is 0. The van der Waals surface area contributed by atoms with Gasteiger partial charge in [0.15, 0.2) is 11.6 Å². The number of ether oxygens (including phenoxy) is 1. The molecule has 0 atom stereocenters. The van der Waals surface area contributed by atoms with Crippen LogP contribution in [0.25, 0.3) is 0 Å². The molecule has 0 heterocycles. The Morgan fingerprint density at radius 3 is 2.40 bits per heavy atom. The lowest BCUT2D eigenvalue weighted by atomic mass is 10.3. The molecular weight excluding hydrogens is 335 g/mol. The van der Waals surface area contributed by atoms with Gasteiger partial charge in [-0.1, -0.05) is 22.0 Å². The van der Waals surface area contributed by atoms with E-state index in [-0.39, 0.29) is 18.8 Å². The van der Waals surface area contributed by atoms with Crippen LogP contribution in [0, 0.1) is 17.5 Å². The summed E-state index contributed by atoms with van der Waals surface area (Å²) in [6.45, 7) is 0.401. The highest BCUT2D eigenvalue weighted by Crippen LogP contribution is 2.20. The largest absolute Gasteiger partial charge is 0.492 e. The Kier molecular flexibility index (Phi) is 4.89. The molecule has 0 unspecified atom stereocenters. The molecule has 0 fully saturated rings. The SMILES string of the molecule is Fc1cc(F)c(NCCOc2cccc(Br)c2)c(F)c1. The van der Waals surface area contributed by atoms with E-state index in [0.717, 1.165) is 4.47 Å². The molecular formula is C14H11BrF3NO. The fraction of sp³-hybridized carbons (Fsp3) is 0.143. The highest BCUT2D eigenvalue weighted by Gasteiger charge is 2.10. The number of benzene rings is 2. The van der Waals surface area contributed by atoms with Crippen LogP contribution in [0.2, 0.25) is 0 Å². The number of nitrogens with one attached hydrogen (secondary N) is 1. The molecule has 0 radical (unpaired) electrons. The summed E-state index contributed by atoms with van der Waals surface area (Å²) in [5.41, 5.74) is -0.357. The standard InChI is InChI=1S/C14H11BrF3NO/c15-9-2-1-3-11(6-9)20-5-4-19-14-12(17)7-10(16)8-13(14)18/h1-3,6-8,19H,4-5H2. The number of anilines is 1. The van der Waals surface area contributed by atoms with Crippen molar-refractivity contribution in [1.82, 2.24) is 0 Å². The fourth-order valence-corrected chi connectivity index (χ4v) is 1.99. The van der Waals surface area contributed by atoms with Crippen LogP contribution < -0.4 is 10.1 Å². The molecule has 0 spiro atoms. The lowest BCUT2D eigenvalue weighted by Gasteiger charge is -2.10. The van der Waals surface area contributed by atoms with Crippen molar-refractivity contribution in [3.63, 3.8) is 0 Å². The number of halogens is 4. The predicted octanol–water partition coefficient (Wildman–Crippen LogP) is 4.36. The number of rotatable bonds is 5. The second-order valence-electron chi connectivity index (χ2n) is 3.98. The molecule has 20 heavy (non-hydrogen) atoms. The third kappa shape index (κ3) is 3.90. The van der Waals surface area contributed by atoms with E-state index in [0.29, 0.717) is 17.9 Å². The molecule has 2 aromatic rings. The first-order chi connectivity index (χ1) is 9.56. The maximum atomic E-state index is 13.3. The molecule has 0 aromatic heterocycles. The molecule has 106 valence electrons. The highest BCUT2D eigenvalue weighted by atomic mass is 79.9. The van der Waals surface area contributed by atoms with Gasteiger partial charge in [0.25, 0.3) is 0 Å². The average molecular weight is 346 g/mol. The van der Waals surface area contributed by atoms with Gasteiger partial charge in [-0.25, -0.2) is 13.2 Å². The van der Waals surface area contributed by atoms with Gasteiger partial charge >= 0.3 is 0 Å². The molecule has 1 N–H and O–H groups in total. The lowest BCUT2D eigenvalue weighted by molar-refractivity contribution is 0.332. The van der Waals surface area contributed by atoms with Gasteiger partial charge in [0.1, 0.15) is 23.9 Å². The molecule has 0 aliphatic carbocycles. The number of hydrogen-bond acceptors (Lipinski definition) is 2. The predicted molar refractivity (Wildman–Crippen MR) is 74.4 cm³/mol. The van der Waals surface area contributed by atoms with E-state index in [1.807, 2.05) is 12.1 Å². The highest BCUT2D eigenvalue weighted by molar-refractivity contribution is 9.10. The first-order valence-corrected chi connectivity index (χ1v) is 6.62. The Morgan fingerprint density at radius 2 is 1.75 bits per heavy atom. The molecule has 2 nitrogen and oxygen atoms in total. The van der Waals surface area contributed by atoms with Gasteiger partial charge in [-0.2, -0.15) is 0 Å². The van der Waals surface area contributed by atoms with E-state index >= 15 is 0 Å². The molecule has 2 rings (SSSR count). The van der Waals surface area contributed by atoms with E-state index in [4.69, 9.17) is 4.74 Å². The first kappa shape index (κ1) is 14.7. The van der Waals surface area contributed by atoms with Gasteiger partial charge in [-0.15, -0.1) is 0 Å². The van der Waals surface area contributed by atoms with Gasteiger partial charge < -0.3 is 10.1 Å². The fourth-order valence-electron chi connectivity index (χ4n) is 1.61. The normalized spacial score (nSPS) is 10.4. The maximum Gasteiger partial charge on any atom is 0.152 e. The van der Waals surface area contributed by atoms with E-state index in [2.05, 4.69) is 21.2 Å². The summed E-state index contributed by atoms with van der Waals surface area (Å²) in [5, 5.41) is 2.54. The van der Waals surface area contributed by atoms with Crippen molar-refractivity contribution in [3.05, 3.63) is 58.3 Å². The van der Waals surface area contributed by atoms with Crippen molar-refractivity contribution in [2.24, 2.45) is 0 Å². The molecule has 0 bridgehead atoms. The van der Waals surface area contributed by atoms with Crippen LogP contribution in [0.4, 0.5) is 18.9 Å². The third-order valence-corrected chi connectivity index (χ3v) is 2.97. The Labute approximate surface area is 122 Å². The van der Waals surface area contributed by atoms with Gasteiger partial charge in [0.05, 0.1) is 0 Å². The summed E-state index contributed by atoms with van der Waals surface area (Å²) in [6, 6.07) is 8.46. The van der Waals surface area contributed by atoms with Crippen molar-refractivity contribution in [2.45, 2.75) is 0 Å². The summed E-state index contributed by atoms with van der Waals surface area (Å²) in [7, 11) is 0. The summed E-state index contributed by atoms with van der Waals surface area (Å²) < 4.78 is 45.6. The third-order valence-electron chi connectivity index (χ3n) is 2.48. The zero-order valence-corrected chi connectivity index (χ0v) is 11.9. The minimum atomic E-state index is -0.968. The molecule has 6 heteroatoms. The van der Waals surface area contributed by atoms with Crippen LogP contribution in [0.1, 0.15) is 0 Å². The minimum Gasteiger partial charge on any atom is -0.492 e. The van der Waals surface area contributed by atoms with Crippen molar-refractivity contribution in [1.29, 1.82) is 0 Å². The Bertz CT molecular complexity index is 584. The van der Waals surface area contributed by atoms with Gasteiger partial charge in [0, 0.05) is 23.2 Å². The van der Waals surface area contributed by atoms with Crippen molar-refractivity contribution >= 4 is 21.6 Å². The van der Waals surface area contributed by atoms with Crippen molar-refractivity contribution < 1.29 is 17.9 Å².